The fourth-order valence-electron chi connectivity index (χ4n) is 4.20. The molecule has 2 unspecified atom stereocenters. The number of aliphatic hydroxyl groups is 1. The van der Waals surface area contributed by atoms with Gasteiger partial charge in [0.15, 0.2) is 0 Å². The summed E-state index contributed by atoms with van der Waals surface area (Å²) in [6.45, 7) is 8.93. The molecule has 35 heavy (non-hydrogen) atoms. The maximum Gasteiger partial charge on any atom is 0.326 e. The van der Waals surface area contributed by atoms with Gasteiger partial charge in [-0.25, -0.2) is 0 Å². The number of ether oxygens (including phenoxy) is 2. The van der Waals surface area contributed by atoms with E-state index in [9.17, 15) is 9.90 Å². The number of nitrogens with one attached hydrogen (secondary N) is 1. The Morgan fingerprint density at radius 3 is 2.57 bits per heavy atom. The first kappa shape index (κ1) is 26.8. The monoisotopic (exact) mass is 480 g/mol. The predicted molar refractivity (Wildman–Crippen MR) is 142 cm³/mol. The Hall–Kier alpha value is -2.83. The number of aliphatic hydroxyl groups excluding tert-OH is 1. The van der Waals surface area contributed by atoms with Crippen LogP contribution in [0.2, 0.25) is 0 Å². The Morgan fingerprint density at radius 1 is 1.11 bits per heavy atom. The molecule has 0 radical (unpaired) electrons. The van der Waals surface area contributed by atoms with Crippen LogP contribution >= 0.6 is 0 Å². The predicted octanol–water partition coefficient (Wildman–Crippen LogP) is 5.48. The first-order chi connectivity index (χ1) is 16.8. The standard InChI is InChI=1S/C29H40N2O4/c1-6-8-11-16-31-26-13-10-9-12-22(26)18-27(31)25-15-14-24(17-21(25)3)34-19-23(32)20-35-28(33)29(4,7-2)30-5/h9-10,12-15,17-18,23,30,32H,6-8,11,16,19-20H2,1-5H3. The molecule has 0 spiro atoms. The number of unbranched alkanes of at least 4 members (excludes halogenated alkanes) is 2. The molecule has 1 aromatic heterocycles. The number of aromatic nitrogens is 1. The Morgan fingerprint density at radius 2 is 1.89 bits per heavy atom. The van der Waals surface area contributed by atoms with Crippen molar-refractivity contribution >= 4 is 16.9 Å². The van der Waals surface area contributed by atoms with Gasteiger partial charge in [-0.15, -0.1) is 0 Å². The molecule has 0 amide bonds. The molecule has 2 aromatic carbocycles. The van der Waals surface area contributed by atoms with Crippen molar-refractivity contribution in [2.24, 2.45) is 0 Å². The number of carbonyl (C=O) groups excluding carboxylic acids is 1. The molecule has 0 saturated carbocycles. The van der Waals surface area contributed by atoms with E-state index >= 15 is 0 Å². The molecule has 3 aromatic rings. The lowest BCUT2D eigenvalue weighted by Gasteiger charge is -2.25. The molecular formula is C29H40N2O4. The third-order valence-corrected chi connectivity index (χ3v) is 6.83. The van der Waals surface area contributed by atoms with Gasteiger partial charge in [0.05, 0.1) is 0 Å². The highest BCUT2D eigenvalue weighted by atomic mass is 16.6. The number of esters is 1. The van der Waals surface area contributed by atoms with Gasteiger partial charge in [0.1, 0.15) is 30.6 Å². The van der Waals surface area contributed by atoms with E-state index < -0.39 is 11.6 Å². The Balaban J connectivity index is 1.68. The van der Waals surface area contributed by atoms with Crippen molar-refractivity contribution in [2.75, 3.05) is 20.3 Å². The number of hydrogen-bond acceptors (Lipinski definition) is 5. The van der Waals surface area contributed by atoms with Crippen molar-refractivity contribution in [3.05, 3.63) is 54.1 Å². The molecule has 3 rings (SSSR count). The first-order valence-electron chi connectivity index (χ1n) is 12.7. The van der Waals surface area contributed by atoms with Gasteiger partial charge in [-0.1, -0.05) is 44.9 Å². The minimum absolute atomic E-state index is 0.0474. The average molecular weight is 481 g/mol. The molecule has 0 aliphatic rings. The average Bonchev–Trinajstić information content (AvgIpc) is 3.23. The van der Waals surface area contributed by atoms with E-state index in [2.05, 4.69) is 60.1 Å². The van der Waals surface area contributed by atoms with E-state index in [1.807, 2.05) is 19.1 Å². The number of benzene rings is 2. The number of nitrogens with zero attached hydrogens (tertiary/aromatic N) is 1. The Bertz CT molecular complexity index is 1120. The van der Waals surface area contributed by atoms with Crippen molar-refractivity contribution in [3.8, 4) is 17.0 Å². The summed E-state index contributed by atoms with van der Waals surface area (Å²) in [7, 11) is 1.72. The highest BCUT2D eigenvalue weighted by molar-refractivity contribution is 5.87. The SMILES string of the molecule is CCCCCn1c(-c2ccc(OCC(O)COC(=O)C(C)(CC)NC)cc2C)cc2ccccc21. The van der Waals surface area contributed by atoms with Crippen LogP contribution in [0.1, 0.15) is 52.0 Å². The van der Waals surface area contributed by atoms with Crippen LogP contribution in [0.4, 0.5) is 0 Å². The van der Waals surface area contributed by atoms with E-state index in [0.717, 1.165) is 18.5 Å². The van der Waals surface area contributed by atoms with Gasteiger partial charge in [-0.2, -0.15) is 0 Å². The Labute approximate surface area is 209 Å². The number of hydrogen-bond donors (Lipinski definition) is 2. The molecular weight excluding hydrogens is 440 g/mol. The smallest absolute Gasteiger partial charge is 0.326 e. The number of para-hydroxylation sites is 1. The summed E-state index contributed by atoms with van der Waals surface area (Å²) in [6.07, 6.45) is 3.24. The normalized spacial score (nSPS) is 14.0. The van der Waals surface area contributed by atoms with Gasteiger partial charge in [0.2, 0.25) is 0 Å². The summed E-state index contributed by atoms with van der Waals surface area (Å²) >= 11 is 0. The number of fused-ring (bicyclic) bond motifs is 1. The lowest BCUT2D eigenvalue weighted by atomic mass is 10.00. The zero-order valence-corrected chi connectivity index (χ0v) is 21.8. The van der Waals surface area contributed by atoms with Crippen molar-refractivity contribution < 1.29 is 19.4 Å². The number of carbonyl (C=O) groups is 1. The van der Waals surface area contributed by atoms with E-state index in [0.29, 0.717) is 12.2 Å². The fourth-order valence-corrected chi connectivity index (χ4v) is 4.20. The molecule has 0 saturated heterocycles. The van der Waals surface area contributed by atoms with Crippen LogP contribution in [0.5, 0.6) is 5.75 Å². The van der Waals surface area contributed by atoms with E-state index in [1.54, 1.807) is 14.0 Å². The second-order valence-corrected chi connectivity index (χ2v) is 9.42. The highest BCUT2D eigenvalue weighted by Crippen LogP contribution is 2.32. The lowest BCUT2D eigenvalue weighted by molar-refractivity contribution is -0.154. The summed E-state index contributed by atoms with van der Waals surface area (Å²) < 4.78 is 13.5. The third-order valence-electron chi connectivity index (χ3n) is 6.83. The second kappa shape index (κ2) is 12.2. The quantitative estimate of drug-likeness (QED) is 0.250. The van der Waals surface area contributed by atoms with Gasteiger partial charge >= 0.3 is 5.97 Å². The van der Waals surface area contributed by atoms with Crippen LogP contribution in [-0.4, -0.2) is 47.5 Å². The van der Waals surface area contributed by atoms with E-state index in [1.165, 1.54) is 35.0 Å². The summed E-state index contributed by atoms with van der Waals surface area (Å²) in [6, 6.07) is 16.8. The molecule has 2 atom stereocenters. The van der Waals surface area contributed by atoms with E-state index in [4.69, 9.17) is 9.47 Å². The molecule has 0 aliphatic heterocycles. The van der Waals surface area contributed by atoms with Gasteiger partial charge < -0.3 is 24.5 Å². The molecule has 1 heterocycles. The second-order valence-electron chi connectivity index (χ2n) is 9.42. The highest BCUT2D eigenvalue weighted by Gasteiger charge is 2.31. The summed E-state index contributed by atoms with van der Waals surface area (Å²) in [5.74, 6) is 0.301. The van der Waals surface area contributed by atoms with Crippen LogP contribution in [0, 0.1) is 6.92 Å². The zero-order chi connectivity index (χ0) is 25.4. The molecule has 6 nitrogen and oxygen atoms in total. The first-order valence-corrected chi connectivity index (χ1v) is 12.7. The van der Waals surface area contributed by atoms with E-state index in [-0.39, 0.29) is 19.2 Å². The minimum Gasteiger partial charge on any atom is -0.491 e. The number of rotatable bonds is 13. The topological polar surface area (TPSA) is 72.7 Å². The summed E-state index contributed by atoms with van der Waals surface area (Å²) in [5, 5.41) is 14.5. The fraction of sp³-hybridized carbons (Fsp3) is 0.483. The zero-order valence-electron chi connectivity index (χ0n) is 21.8. The van der Waals surface area contributed by atoms with Crippen LogP contribution in [0.3, 0.4) is 0 Å². The van der Waals surface area contributed by atoms with Crippen LogP contribution < -0.4 is 10.1 Å². The maximum atomic E-state index is 12.3. The van der Waals surface area contributed by atoms with Gasteiger partial charge in [0.25, 0.3) is 0 Å². The van der Waals surface area contributed by atoms with Crippen LogP contribution in [0.15, 0.2) is 48.5 Å². The van der Waals surface area contributed by atoms with Crippen LogP contribution in [0.25, 0.3) is 22.2 Å². The molecule has 6 heteroatoms. The molecule has 2 N–H and O–H groups in total. The largest absolute Gasteiger partial charge is 0.491 e. The van der Waals surface area contributed by atoms with Crippen molar-refractivity contribution in [1.29, 1.82) is 0 Å². The van der Waals surface area contributed by atoms with Crippen LogP contribution in [-0.2, 0) is 16.1 Å². The minimum atomic E-state index is -0.905. The number of likely N-dealkylation sites (N-methyl/N-ethyl adjacent to an activating group) is 1. The molecule has 0 bridgehead atoms. The van der Waals surface area contributed by atoms with Crippen molar-refractivity contribution in [2.45, 2.75) is 71.6 Å². The third kappa shape index (κ3) is 6.44. The Kier molecular flexibility index (Phi) is 9.35. The molecule has 190 valence electrons. The summed E-state index contributed by atoms with van der Waals surface area (Å²) in [4.78, 5) is 12.3. The van der Waals surface area contributed by atoms with Gasteiger partial charge in [-0.3, -0.25) is 4.79 Å². The molecule has 0 aliphatic carbocycles. The van der Waals surface area contributed by atoms with Crippen molar-refractivity contribution in [1.82, 2.24) is 9.88 Å². The van der Waals surface area contributed by atoms with Crippen molar-refractivity contribution in [3.63, 3.8) is 0 Å². The van der Waals surface area contributed by atoms with Gasteiger partial charge in [-0.05, 0) is 69.6 Å². The lowest BCUT2D eigenvalue weighted by Crippen LogP contribution is -2.48. The maximum absolute atomic E-state index is 12.3. The molecule has 0 fully saturated rings. The van der Waals surface area contributed by atoms with Gasteiger partial charge in [0, 0.05) is 28.7 Å². The number of aryl methyl sites for hydroxylation is 2. The summed E-state index contributed by atoms with van der Waals surface area (Å²) in [5.41, 5.74) is 3.99.